The number of aromatic nitrogens is 1. The average molecular weight is 289 g/mol. The maximum atomic E-state index is 11.6. The highest BCUT2D eigenvalue weighted by atomic mass is 16.4. The van der Waals surface area contributed by atoms with Crippen molar-refractivity contribution >= 4 is 38.3 Å². The van der Waals surface area contributed by atoms with Gasteiger partial charge >= 0.3 is 5.97 Å². The van der Waals surface area contributed by atoms with Gasteiger partial charge in [0, 0.05) is 17.6 Å². The SMILES string of the molecule is O=C(O)c1cc2cc(=O)[nH]cc2c2cc3ccccc3cc12. The maximum Gasteiger partial charge on any atom is 0.336 e. The summed E-state index contributed by atoms with van der Waals surface area (Å²) in [5.74, 6) is -0.998. The van der Waals surface area contributed by atoms with Crippen molar-refractivity contribution in [2.45, 2.75) is 0 Å². The number of H-pyrrole nitrogens is 1. The monoisotopic (exact) mass is 289 g/mol. The number of rotatable bonds is 1. The first kappa shape index (κ1) is 12.6. The molecule has 0 aliphatic heterocycles. The van der Waals surface area contributed by atoms with Gasteiger partial charge in [-0.1, -0.05) is 24.3 Å². The first-order valence-electron chi connectivity index (χ1n) is 6.85. The van der Waals surface area contributed by atoms with Crippen LogP contribution in [-0.4, -0.2) is 16.1 Å². The summed E-state index contributed by atoms with van der Waals surface area (Å²) in [4.78, 5) is 25.8. The number of nitrogens with one attached hydrogen (secondary N) is 1. The van der Waals surface area contributed by atoms with E-state index in [2.05, 4.69) is 4.98 Å². The molecule has 0 aliphatic carbocycles. The summed E-state index contributed by atoms with van der Waals surface area (Å²) in [6.45, 7) is 0. The summed E-state index contributed by atoms with van der Waals surface area (Å²) in [6, 6.07) is 14.7. The number of hydrogen-bond acceptors (Lipinski definition) is 2. The van der Waals surface area contributed by atoms with E-state index in [1.54, 1.807) is 12.3 Å². The largest absolute Gasteiger partial charge is 0.478 e. The lowest BCUT2D eigenvalue weighted by Gasteiger charge is -2.09. The fraction of sp³-hybridized carbons (Fsp3) is 0. The smallest absolute Gasteiger partial charge is 0.336 e. The van der Waals surface area contributed by atoms with E-state index >= 15 is 0 Å². The summed E-state index contributed by atoms with van der Waals surface area (Å²) >= 11 is 0. The number of aromatic amines is 1. The number of fused-ring (bicyclic) bond motifs is 4. The van der Waals surface area contributed by atoms with E-state index in [4.69, 9.17) is 0 Å². The second-order valence-electron chi connectivity index (χ2n) is 5.27. The van der Waals surface area contributed by atoms with Crippen LogP contribution in [0.15, 0.2) is 59.5 Å². The first-order chi connectivity index (χ1) is 10.6. The second kappa shape index (κ2) is 4.43. The molecule has 0 unspecified atom stereocenters. The number of benzene rings is 3. The molecular weight excluding hydrogens is 278 g/mol. The average Bonchev–Trinajstić information content (AvgIpc) is 2.51. The Labute approximate surface area is 124 Å². The fourth-order valence-corrected chi connectivity index (χ4v) is 2.94. The minimum Gasteiger partial charge on any atom is -0.478 e. The predicted octanol–water partition coefficient (Wildman–Crippen LogP) is 3.53. The molecule has 0 radical (unpaired) electrons. The molecule has 0 atom stereocenters. The zero-order chi connectivity index (χ0) is 15.3. The molecular formula is C18H11NO3. The first-order valence-corrected chi connectivity index (χ1v) is 6.85. The van der Waals surface area contributed by atoms with E-state index in [-0.39, 0.29) is 11.1 Å². The van der Waals surface area contributed by atoms with Gasteiger partial charge in [0.15, 0.2) is 0 Å². The Morgan fingerprint density at radius 1 is 0.864 bits per heavy atom. The predicted molar refractivity (Wildman–Crippen MR) is 86.5 cm³/mol. The molecule has 22 heavy (non-hydrogen) atoms. The summed E-state index contributed by atoms with van der Waals surface area (Å²) in [5, 5.41) is 14.5. The Bertz CT molecular complexity index is 1130. The molecule has 0 amide bonds. The van der Waals surface area contributed by atoms with Crippen LogP contribution in [0.2, 0.25) is 0 Å². The molecule has 0 bridgehead atoms. The van der Waals surface area contributed by atoms with Crippen molar-refractivity contribution in [1.29, 1.82) is 0 Å². The van der Waals surface area contributed by atoms with Crippen molar-refractivity contribution in [3.05, 3.63) is 70.6 Å². The summed E-state index contributed by atoms with van der Waals surface area (Å²) < 4.78 is 0. The summed E-state index contributed by atoms with van der Waals surface area (Å²) in [5.41, 5.74) is -0.0390. The van der Waals surface area contributed by atoms with Gasteiger partial charge in [-0.25, -0.2) is 4.79 Å². The minimum atomic E-state index is -0.998. The quantitative estimate of drug-likeness (QED) is 0.416. The van der Waals surface area contributed by atoms with Crippen LogP contribution in [0.5, 0.6) is 0 Å². The van der Waals surface area contributed by atoms with E-state index in [1.165, 1.54) is 6.07 Å². The molecule has 0 aliphatic rings. The standard InChI is InChI=1S/C18H11NO3/c20-17-8-12-7-15(18(21)22)13-5-10-3-1-2-4-11(10)6-14(13)16(12)9-19-17/h1-9H,(H,19,20)(H,21,22). The molecule has 1 heterocycles. The van der Waals surface area contributed by atoms with Crippen molar-refractivity contribution in [3.63, 3.8) is 0 Å². The van der Waals surface area contributed by atoms with Crippen LogP contribution in [0, 0.1) is 0 Å². The molecule has 106 valence electrons. The molecule has 2 N–H and O–H groups in total. The van der Waals surface area contributed by atoms with Crippen molar-refractivity contribution in [3.8, 4) is 0 Å². The molecule has 4 aromatic rings. The highest BCUT2D eigenvalue weighted by molar-refractivity contribution is 6.18. The van der Waals surface area contributed by atoms with E-state index in [0.717, 1.165) is 21.5 Å². The van der Waals surface area contributed by atoms with Gasteiger partial charge in [0.25, 0.3) is 0 Å². The summed E-state index contributed by atoms with van der Waals surface area (Å²) in [6.07, 6.45) is 1.64. The number of carboxylic acid groups (broad SMARTS) is 1. The molecule has 1 aromatic heterocycles. The zero-order valence-corrected chi connectivity index (χ0v) is 11.5. The Hall–Kier alpha value is -3.14. The van der Waals surface area contributed by atoms with Crippen LogP contribution >= 0.6 is 0 Å². The van der Waals surface area contributed by atoms with Crippen molar-refractivity contribution in [2.24, 2.45) is 0 Å². The topological polar surface area (TPSA) is 70.2 Å². The molecule has 0 spiro atoms. The number of carbonyl (C=O) groups is 1. The zero-order valence-electron chi connectivity index (χ0n) is 11.5. The lowest BCUT2D eigenvalue weighted by atomic mass is 9.95. The normalized spacial score (nSPS) is 11.3. The van der Waals surface area contributed by atoms with Gasteiger partial charge in [0.2, 0.25) is 5.56 Å². The van der Waals surface area contributed by atoms with E-state index in [0.29, 0.717) is 10.8 Å². The fourth-order valence-electron chi connectivity index (χ4n) is 2.94. The Kier molecular flexibility index (Phi) is 2.53. The maximum absolute atomic E-state index is 11.6. The van der Waals surface area contributed by atoms with E-state index < -0.39 is 5.97 Å². The van der Waals surface area contributed by atoms with Gasteiger partial charge in [0.1, 0.15) is 0 Å². The minimum absolute atomic E-state index is 0.207. The van der Waals surface area contributed by atoms with Crippen LogP contribution in [0.3, 0.4) is 0 Å². The highest BCUT2D eigenvalue weighted by Crippen LogP contribution is 2.31. The number of aromatic carboxylic acids is 1. The Balaban J connectivity index is 2.30. The Morgan fingerprint density at radius 2 is 1.55 bits per heavy atom. The number of carboxylic acids is 1. The van der Waals surface area contributed by atoms with Crippen LogP contribution in [-0.2, 0) is 0 Å². The van der Waals surface area contributed by atoms with Gasteiger partial charge in [-0.2, -0.15) is 0 Å². The molecule has 0 fully saturated rings. The van der Waals surface area contributed by atoms with Crippen molar-refractivity contribution < 1.29 is 9.90 Å². The third-order valence-corrected chi connectivity index (χ3v) is 3.95. The highest BCUT2D eigenvalue weighted by Gasteiger charge is 2.13. The van der Waals surface area contributed by atoms with Crippen molar-refractivity contribution in [1.82, 2.24) is 4.98 Å². The molecule has 0 saturated heterocycles. The molecule has 4 rings (SSSR count). The molecule has 4 heteroatoms. The van der Waals surface area contributed by atoms with Crippen molar-refractivity contribution in [2.75, 3.05) is 0 Å². The number of hydrogen-bond donors (Lipinski definition) is 2. The van der Waals surface area contributed by atoms with E-state index in [1.807, 2.05) is 36.4 Å². The van der Waals surface area contributed by atoms with Crippen LogP contribution in [0.25, 0.3) is 32.3 Å². The third kappa shape index (κ3) is 1.78. The van der Waals surface area contributed by atoms with Gasteiger partial charge in [0.05, 0.1) is 5.56 Å². The second-order valence-corrected chi connectivity index (χ2v) is 5.27. The molecule has 0 saturated carbocycles. The van der Waals surface area contributed by atoms with Gasteiger partial charge in [-0.15, -0.1) is 0 Å². The third-order valence-electron chi connectivity index (χ3n) is 3.95. The number of pyridine rings is 1. The lowest BCUT2D eigenvalue weighted by Crippen LogP contribution is -2.04. The molecule has 3 aromatic carbocycles. The van der Waals surface area contributed by atoms with Crippen LogP contribution < -0.4 is 5.56 Å². The van der Waals surface area contributed by atoms with Gasteiger partial charge in [-0.05, 0) is 45.1 Å². The molecule has 4 nitrogen and oxygen atoms in total. The Morgan fingerprint density at radius 3 is 2.23 bits per heavy atom. The lowest BCUT2D eigenvalue weighted by molar-refractivity contribution is 0.0699. The summed E-state index contributed by atoms with van der Waals surface area (Å²) in [7, 11) is 0. The van der Waals surface area contributed by atoms with E-state index in [9.17, 15) is 14.7 Å². The van der Waals surface area contributed by atoms with Gasteiger partial charge < -0.3 is 10.1 Å². The van der Waals surface area contributed by atoms with Crippen LogP contribution in [0.4, 0.5) is 0 Å². The van der Waals surface area contributed by atoms with Gasteiger partial charge in [-0.3, -0.25) is 4.79 Å². The van der Waals surface area contributed by atoms with Crippen LogP contribution in [0.1, 0.15) is 10.4 Å².